The van der Waals surface area contributed by atoms with E-state index in [1.807, 2.05) is 0 Å². The van der Waals surface area contributed by atoms with Crippen molar-refractivity contribution in [2.75, 3.05) is 26.3 Å². The van der Waals surface area contributed by atoms with E-state index in [1.165, 1.54) is 25.5 Å². The molecule has 1 atom stereocenters. The maximum absolute atomic E-state index is 11.4. The van der Waals surface area contributed by atoms with Crippen molar-refractivity contribution in [3.05, 3.63) is 0 Å². The van der Waals surface area contributed by atoms with Crippen molar-refractivity contribution in [3.8, 4) is 0 Å². The highest BCUT2D eigenvalue weighted by Crippen LogP contribution is 2.31. The van der Waals surface area contributed by atoms with Crippen LogP contribution in [0.15, 0.2) is 0 Å². The van der Waals surface area contributed by atoms with Crippen LogP contribution in [0.5, 0.6) is 0 Å². The number of piperidine rings is 1. The topological polar surface area (TPSA) is 29.5 Å². The summed E-state index contributed by atoms with van der Waals surface area (Å²) >= 11 is 0. The van der Waals surface area contributed by atoms with Crippen molar-refractivity contribution in [2.24, 2.45) is 5.41 Å². The second-order valence-corrected chi connectivity index (χ2v) is 5.41. The smallest absolute Gasteiger partial charge is 0.127 e. The average molecular weight is 225 g/mol. The predicted octanol–water partition coefficient (Wildman–Crippen LogP) is 1.86. The Balaban J connectivity index is 1.96. The zero-order valence-electron chi connectivity index (χ0n) is 10.3. The van der Waals surface area contributed by atoms with E-state index in [-0.39, 0.29) is 5.41 Å². The van der Waals surface area contributed by atoms with Crippen LogP contribution in [0.25, 0.3) is 0 Å². The van der Waals surface area contributed by atoms with Gasteiger partial charge in [0.05, 0.1) is 0 Å². The van der Waals surface area contributed by atoms with E-state index >= 15 is 0 Å². The molecule has 1 unspecified atom stereocenters. The maximum atomic E-state index is 11.4. The van der Waals surface area contributed by atoms with Crippen LogP contribution in [0.4, 0.5) is 0 Å². The molecule has 0 aromatic heterocycles. The fourth-order valence-electron chi connectivity index (χ4n) is 2.89. The highest BCUT2D eigenvalue weighted by Gasteiger charge is 2.35. The Morgan fingerprint density at radius 2 is 2.12 bits per heavy atom. The second-order valence-electron chi connectivity index (χ2n) is 5.41. The van der Waals surface area contributed by atoms with E-state index in [0.717, 1.165) is 39.1 Å². The maximum Gasteiger partial charge on any atom is 0.127 e. The van der Waals surface area contributed by atoms with Crippen molar-refractivity contribution in [1.82, 2.24) is 4.90 Å². The molecule has 0 amide bonds. The molecule has 2 aliphatic rings. The quantitative estimate of drug-likeness (QED) is 0.687. The van der Waals surface area contributed by atoms with Crippen LogP contribution in [0.1, 0.15) is 39.0 Å². The summed E-state index contributed by atoms with van der Waals surface area (Å²) in [6, 6.07) is 0.647. The molecule has 0 aromatic rings. The standard InChI is InChI=1S/C13H23NO2/c1-12-4-2-3-7-14(12)10-13(11-15)5-8-16-9-6-13/h11-12H,2-10H2,1H3. The van der Waals surface area contributed by atoms with Gasteiger partial charge in [-0.1, -0.05) is 6.42 Å². The van der Waals surface area contributed by atoms with E-state index in [9.17, 15) is 4.79 Å². The van der Waals surface area contributed by atoms with Gasteiger partial charge < -0.3 is 9.53 Å². The van der Waals surface area contributed by atoms with Crippen LogP contribution in [-0.4, -0.2) is 43.5 Å². The largest absolute Gasteiger partial charge is 0.381 e. The van der Waals surface area contributed by atoms with Gasteiger partial charge in [-0.15, -0.1) is 0 Å². The van der Waals surface area contributed by atoms with Gasteiger partial charge in [0.2, 0.25) is 0 Å². The molecular weight excluding hydrogens is 202 g/mol. The first kappa shape index (κ1) is 12.1. The number of hydrogen-bond donors (Lipinski definition) is 0. The third-order valence-electron chi connectivity index (χ3n) is 4.20. The minimum absolute atomic E-state index is 0.121. The number of carbonyl (C=O) groups is 1. The number of carbonyl (C=O) groups excluding carboxylic acids is 1. The molecule has 0 saturated carbocycles. The molecule has 0 N–H and O–H groups in total. The molecule has 2 heterocycles. The number of rotatable bonds is 3. The summed E-state index contributed by atoms with van der Waals surface area (Å²) in [4.78, 5) is 13.9. The fourth-order valence-corrected chi connectivity index (χ4v) is 2.89. The SMILES string of the molecule is CC1CCCCN1CC1(C=O)CCOCC1. The lowest BCUT2D eigenvalue weighted by atomic mass is 9.80. The lowest BCUT2D eigenvalue weighted by Gasteiger charge is -2.41. The molecule has 2 fully saturated rings. The number of ether oxygens (including phenoxy) is 1. The number of aldehydes is 1. The van der Waals surface area contributed by atoms with Crippen molar-refractivity contribution >= 4 is 6.29 Å². The van der Waals surface area contributed by atoms with Crippen LogP contribution < -0.4 is 0 Å². The van der Waals surface area contributed by atoms with Gasteiger partial charge in [-0.2, -0.15) is 0 Å². The molecule has 2 rings (SSSR count). The Bertz CT molecular complexity index is 236. The molecule has 0 spiro atoms. The second kappa shape index (κ2) is 5.28. The Morgan fingerprint density at radius 1 is 1.38 bits per heavy atom. The predicted molar refractivity (Wildman–Crippen MR) is 63.4 cm³/mol. The van der Waals surface area contributed by atoms with Crippen molar-refractivity contribution in [1.29, 1.82) is 0 Å². The van der Waals surface area contributed by atoms with Gasteiger partial charge in [-0.05, 0) is 39.2 Å². The first-order chi connectivity index (χ1) is 7.76. The molecule has 2 saturated heterocycles. The van der Waals surface area contributed by atoms with Crippen molar-refractivity contribution in [3.63, 3.8) is 0 Å². The van der Waals surface area contributed by atoms with E-state index in [4.69, 9.17) is 4.74 Å². The molecule has 16 heavy (non-hydrogen) atoms. The number of hydrogen-bond acceptors (Lipinski definition) is 3. The zero-order valence-corrected chi connectivity index (χ0v) is 10.3. The molecule has 0 aliphatic carbocycles. The molecule has 0 radical (unpaired) electrons. The summed E-state index contributed by atoms with van der Waals surface area (Å²) in [6.45, 7) is 5.90. The summed E-state index contributed by atoms with van der Waals surface area (Å²) in [5, 5.41) is 0. The average Bonchev–Trinajstić information content (AvgIpc) is 2.33. The molecule has 92 valence electrons. The van der Waals surface area contributed by atoms with Crippen LogP contribution >= 0.6 is 0 Å². The first-order valence-electron chi connectivity index (χ1n) is 6.54. The van der Waals surface area contributed by atoms with Gasteiger partial charge in [0.1, 0.15) is 6.29 Å². The zero-order chi connectivity index (χ0) is 11.4. The Kier molecular flexibility index (Phi) is 3.98. The minimum atomic E-state index is -0.121. The van der Waals surface area contributed by atoms with E-state index in [1.54, 1.807) is 0 Å². The van der Waals surface area contributed by atoms with E-state index in [2.05, 4.69) is 11.8 Å². The molecule has 0 bridgehead atoms. The summed E-state index contributed by atoms with van der Waals surface area (Å²) in [7, 11) is 0. The van der Waals surface area contributed by atoms with Gasteiger partial charge >= 0.3 is 0 Å². The van der Waals surface area contributed by atoms with Crippen LogP contribution in [0, 0.1) is 5.41 Å². The van der Waals surface area contributed by atoms with Crippen molar-refractivity contribution < 1.29 is 9.53 Å². The summed E-state index contributed by atoms with van der Waals surface area (Å²) in [5.41, 5.74) is -0.121. The molecule has 3 nitrogen and oxygen atoms in total. The van der Waals surface area contributed by atoms with Crippen LogP contribution in [0.2, 0.25) is 0 Å². The summed E-state index contributed by atoms with van der Waals surface area (Å²) in [6.07, 6.45) is 6.91. The Hall–Kier alpha value is -0.410. The molecular formula is C13H23NO2. The number of nitrogens with zero attached hydrogens (tertiary/aromatic N) is 1. The fraction of sp³-hybridized carbons (Fsp3) is 0.923. The van der Waals surface area contributed by atoms with Gasteiger partial charge in [0.15, 0.2) is 0 Å². The number of likely N-dealkylation sites (tertiary alicyclic amines) is 1. The van der Waals surface area contributed by atoms with Crippen molar-refractivity contribution in [2.45, 2.75) is 45.1 Å². The molecule has 0 aromatic carbocycles. The summed E-state index contributed by atoms with van der Waals surface area (Å²) < 4.78 is 5.37. The Labute approximate surface area is 98.1 Å². The summed E-state index contributed by atoms with van der Waals surface area (Å²) in [5.74, 6) is 0. The minimum Gasteiger partial charge on any atom is -0.381 e. The Morgan fingerprint density at radius 3 is 2.75 bits per heavy atom. The van der Waals surface area contributed by atoms with Gasteiger partial charge in [-0.3, -0.25) is 4.90 Å². The van der Waals surface area contributed by atoms with Gasteiger partial charge in [-0.25, -0.2) is 0 Å². The molecule has 3 heteroatoms. The van der Waals surface area contributed by atoms with E-state index < -0.39 is 0 Å². The third-order valence-corrected chi connectivity index (χ3v) is 4.20. The highest BCUT2D eigenvalue weighted by atomic mass is 16.5. The first-order valence-corrected chi connectivity index (χ1v) is 6.54. The third kappa shape index (κ3) is 2.64. The molecule has 2 aliphatic heterocycles. The van der Waals surface area contributed by atoms with Crippen LogP contribution in [-0.2, 0) is 9.53 Å². The van der Waals surface area contributed by atoms with Gasteiger partial charge in [0.25, 0.3) is 0 Å². The monoisotopic (exact) mass is 225 g/mol. The highest BCUT2D eigenvalue weighted by molar-refractivity contribution is 5.60. The normalized spacial score (nSPS) is 31.2. The lowest BCUT2D eigenvalue weighted by Crippen LogP contribution is -2.47. The lowest BCUT2D eigenvalue weighted by molar-refractivity contribution is -0.123. The van der Waals surface area contributed by atoms with Gasteiger partial charge in [0, 0.05) is 31.2 Å². The van der Waals surface area contributed by atoms with E-state index in [0.29, 0.717) is 6.04 Å². The van der Waals surface area contributed by atoms with Crippen LogP contribution in [0.3, 0.4) is 0 Å².